The monoisotopic (exact) mass is 571 g/mol. The quantitative estimate of drug-likeness (QED) is 0.253. The Morgan fingerprint density at radius 2 is 1.41 bits per heavy atom. The lowest BCUT2D eigenvalue weighted by atomic mass is 9.87. The molecular formula is C32H33N3O5S. The number of rotatable bonds is 9. The third-order valence-corrected chi connectivity index (χ3v) is 8.17. The van der Waals surface area contributed by atoms with Gasteiger partial charge in [0.25, 0.3) is 15.9 Å². The number of hydrogen-bond donors (Lipinski definition) is 2. The third-order valence-electron chi connectivity index (χ3n) is 6.38. The van der Waals surface area contributed by atoms with Crippen molar-refractivity contribution in [2.45, 2.75) is 31.1 Å². The van der Waals surface area contributed by atoms with Gasteiger partial charge in [-0.25, -0.2) is 8.42 Å². The number of amides is 2. The van der Waals surface area contributed by atoms with Crippen molar-refractivity contribution in [1.29, 1.82) is 0 Å². The molecule has 0 aliphatic rings. The van der Waals surface area contributed by atoms with Gasteiger partial charge >= 0.3 is 0 Å². The van der Waals surface area contributed by atoms with E-state index in [0.29, 0.717) is 22.7 Å². The van der Waals surface area contributed by atoms with Crippen molar-refractivity contribution in [1.82, 2.24) is 0 Å². The zero-order chi connectivity index (χ0) is 29.6. The average molecular weight is 572 g/mol. The summed E-state index contributed by atoms with van der Waals surface area (Å²) in [5.41, 5.74) is 2.77. The molecule has 4 aromatic carbocycles. The van der Waals surface area contributed by atoms with E-state index in [9.17, 15) is 18.0 Å². The lowest BCUT2D eigenvalue weighted by Gasteiger charge is -2.24. The first-order chi connectivity index (χ1) is 19.5. The summed E-state index contributed by atoms with van der Waals surface area (Å²) in [5.74, 6) is -0.395. The van der Waals surface area contributed by atoms with Crippen LogP contribution in [0.15, 0.2) is 108 Å². The molecule has 0 aromatic heterocycles. The van der Waals surface area contributed by atoms with Crippen LogP contribution >= 0.6 is 0 Å². The van der Waals surface area contributed by atoms with Crippen LogP contribution in [-0.2, 0) is 20.2 Å². The smallest absolute Gasteiger partial charge is 0.264 e. The second kappa shape index (κ2) is 12.3. The Balaban J connectivity index is 1.51. The minimum absolute atomic E-state index is 0.0237. The van der Waals surface area contributed by atoms with Gasteiger partial charge in [-0.3, -0.25) is 13.9 Å². The minimum Gasteiger partial charge on any atom is -0.497 e. The molecule has 8 nitrogen and oxygen atoms in total. The molecule has 0 unspecified atom stereocenters. The second-order valence-corrected chi connectivity index (χ2v) is 12.3. The molecule has 4 aromatic rings. The van der Waals surface area contributed by atoms with Gasteiger partial charge in [-0.2, -0.15) is 0 Å². The normalized spacial score (nSPS) is 11.4. The summed E-state index contributed by atoms with van der Waals surface area (Å²) in [5, 5.41) is 5.59. The zero-order valence-corrected chi connectivity index (χ0v) is 24.2. The molecule has 2 N–H and O–H groups in total. The van der Waals surface area contributed by atoms with Crippen LogP contribution in [0.1, 0.15) is 36.7 Å². The van der Waals surface area contributed by atoms with Gasteiger partial charge in [-0.15, -0.1) is 0 Å². The number of anilines is 3. The number of carbonyl (C=O) groups excluding carboxylic acids is 2. The maximum atomic E-state index is 13.6. The van der Waals surface area contributed by atoms with Crippen LogP contribution in [0.4, 0.5) is 17.1 Å². The summed E-state index contributed by atoms with van der Waals surface area (Å²) in [6.07, 6.45) is 0. The molecule has 0 bridgehead atoms. The van der Waals surface area contributed by atoms with Crippen molar-refractivity contribution in [2.24, 2.45) is 0 Å². The maximum Gasteiger partial charge on any atom is 0.264 e. The highest BCUT2D eigenvalue weighted by atomic mass is 32.2. The molecule has 41 heavy (non-hydrogen) atoms. The van der Waals surface area contributed by atoms with Gasteiger partial charge in [-0.05, 0) is 65.6 Å². The number of methoxy groups -OCH3 is 1. The highest BCUT2D eigenvalue weighted by molar-refractivity contribution is 7.92. The molecule has 212 valence electrons. The fourth-order valence-corrected chi connectivity index (χ4v) is 5.56. The number of nitrogens with zero attached hydrogens (tertiary/aromatic N) is 1. The van der Waals surface area contributed by atoms with Gasteiger partial charge in [0.15, 0.2) is 0 Å². The standard InChI is InChI=1S/C32H33N3O5S/c1-32(2,3)24-18-16-23(17-19-24)31(37)34-26-11-8-10-25(20-26)33-30(36)22-35(27-12-9-13-28(21-27)40-4)41(38,39)29-14-6-5-7-15-29/h5-21H,22H2,1-4H3,(H,33,36)(H,34,37). The van der Waals surface area contributed by atoms with Crippen molar-refractivity contribution in [3.63, 3.8) is 0 Å². The van der Waals surface area contributed by atoms with E-state index in [1.54, 1.807) is 78.9 Å². The van der Waals surface area contributed by atoms with Crippen molar-refractivity contribution in [2.75, 3.05) is 28.6 Å². The Morgan fingerprint density at radius 1 is 0.780 bits per heavy atom. The lowest BCUT2D eigenvalue weighted by Crippen LogP contribution is -2.38. The fraction of sp³-hybridized carbons (Fsp3) is 0.188. The molecule has 4 rings (SSSR count). The highest BCUT2D eigenvalue weighted by Crippen LogP contribution is 2.27. The number of sulfonamides is 1. The second-order valence-electron chi connectivity index (χ2n) is 10.4. The summed E-state index contributed by atoms with van der Waals surface area (Å²) in [7, 11) is -2.59. The Hall–Kier alpha value is -4.63. The number of nitrogens with one attached hydrogen (secondary N) is 2. The van der Waals surface area contributed by atoms with E-state index < -0.39 is 22.5 Å². The first-order valence-corrected chi connectivity index (χ1v) is 14.4. The summed E-state index contributed by atoms with van der Waals surface area (Å²) >= 11 is 0. The van der Waals surface area contributed by atoms with Crippen molar-refractivity contribution in [3.8, 4) is 5.75 Å². The van der Waals surface area contributed by atoms with E-state index in [1.807, 2.05) is 12.1 Å². The largest absolute Gasteiger partial charge is 0.497 e. The Labute approximate surface area is 241 Å². The molecule has 0 saturated carbocycles. The van der Waals surface area contributed by atoms with Crippen molar-refractivity contribution < 1.29 is 22.7 Å². The highest BCUT2D eigenvalue weighted by Gasteiger charge is 2.27. The SMILES string of the molecule is COc1cccc(N(CC(=O)Nc2cccc(NC(=O)c3ccc(C(C)(C)C)cc3)c2)S(=O)(=O)c2ccccc2)c1. The first kappa shape index (κ1) is 29.4. The Kier molecular flexibility index (Phi) is 8.78. The maximum absolute atomic E-state index is 13.6. The topological polar surface area (TPSA) is 105 Å². The average Bonchev–Trinajstić information content (AvgIpc) is 2.96. The van der Waals surface area contributed by atoms with Crippen molar-refractivity contribution >= 4 is 38.9 Å². The van der Waals surface area contributed by atoms with Gasteiger partial charge < -0.3 is 15.4 Å². The fourth-order valence-electron chi connectivity index (χ4n) is 4.13. The van der Waals surface area contributed by atoms with E-state index in [2.05, 4.69) is 31.4 Å². The van der Waals surface area contributed by atoms with Gasteiger partial charge in [0.1, 0.15) is 12.3 Å². The molecule has 2 amide bonds. The van der Waals surface area contributed by atoms with Crippen LogP contribution in [0.3, 0.4) is 0 Å². The first-order valence-electron chi connectivity index (χ1n) is 13.0. The number of hydrogen-bond acceptors (Lipinski definition) is 5. The van der Waals surface area contributed by atoms with E-state index in [1.165, 1.54) is 19.2 Å². The van der Waals surface area contributed by atoms with E-state index >= 15 is 0 Å². The minimum atomic E-state index is -4.07. The number of ether oxygens (including phenoxy) is 1. The molecule has 0 aliphatic heterocycles. The van der Waals surface area contributed by atoms with E-state index in [-0.39, 0.29) is 21.9 Å². The Morgan fingerprint density at radius 3 is 2.05 bits per heavy atom. The van der Waals surface area contributed by atoms with Crippen LogP contribution in [-0.4, -0.2) is 33.9 Å². The van der Waals surface area contributed by atoms with Crippen LogP contribution in [0.25, 0.3) is 0 Å². The van der Waals surface area contributed by atoms with Crippen LogP contribution in [0.2, 0.25) is 0 Å². The summed E-state index contributed by atoms with van der Waals surface area (Å²) in [4.78, 5) is 26.0. The van der Waals surface area contributed by atoms with Gasteiger partial charge in [0, 0.05) is 23.0 Å². The molecule has 9 heteroatoms. The molecule has 0 fully saturated rings. The predicted molar refractivity (Wildman–Crippen MR) is 162 cm³/mol. The molecule has 0 spiro atoms. The summed E-state index contributed by atoms with van der Waals surface area (Å²) < 4.78 is 33.4. The predicted octanol–water partition coefficient (Wildman–Crippen LogP) is 6.08. The Bertz CT molecular complexity index is 1630. The van der Waals surface area contributed by atoms with Crippen LogP contribution in [0, 0.1) is 0 Å². The van der Waals surface area contributed by atoms with Gasteiger partial charge in [-0.1, -0.05) is 63.2 Å². The molecule has 0 heterocycles. The molecule has 0 saturated heterocycles. The molecule has 0 atom stereocenters. The zero-order valence-electron chi connectivity index (χ0n) is 23.4. The lowest BCUT2D eigenvalue weighted by molar-refractivity contribution is -0.114. The number of carbonyl (C=O) groups is 2. The summed E-state index contributed by atoms with van der Waals surface area (Å²) in [6.45, 7) is 5.83. The van der Waals surface area contributed by atoms with Crippen LogP contribution < -0.4 is 19.7 Å². The van der Waals surface area contributed by atoms with Gasteiger partial charge in [0.2, 0.25) is 5.91 Å². The van der Waals surface area contributed by atoms with E-state index in [0.717, 1.165) is 9.87 Å². The molecule has 0 aliphatic carbocycles. The summed E-state index contributed by atoms with van der Waals surface area (Å²) in [6, 6.07) is 28.5. The molecule has 0 radical (unpaired) electrons. The number of benzene rings is 4. The van der Waals surface area contributed by atoms with E-state index in [4.69, 9.17) is 4.74 Å². The van der Waals surface area contributed by atoms with Crippen LogP contribution in [0.5, 0.6) is 5.75 Å². The third kappa shape index (κ3) is 7.32. The molecular weight excluding hydrogens is 538 g/mol. The van der Waals surface area contributed by atoms with Crippen molar-refractivity contribution in [3.05, 3.63) is 114 Å². The van der Waals surface area contributed by atoms with Gasteiger partial charge in [0.05, 0.1) is 17.7 Å².